The van der Waals surface area contributed by atoms with Gasteiger partial charge in [-0.25, -0.2) is 0 Å². The van der Waals surface area contributed by atoms with E-state index in [4.69, 9.17) is 11.6 Å². The van der Waals surface area contributed by atoms with Crippen LogP contribution in [0.15, 0.2) is 42.6 Å². The van der Waals surface area contributed by atoms with Crippen LogP contribution in [0.5, 0.6) is 0 Å². The lowest BCUT2D eigenvalue weighted by molar-refractivity contribution is 0.589. The minimum Gasteiger partial charge on any atom is -0.310 e. The van der Waals surface area contributed by atoms with Crippen molar-refractivity contribution in [1.82, 2.24) is 10.3 Å². The first kappa shape index (κ1) is 13.1. The standard InChI is InChI=1S/C15H17ClN2/c1-11(2)18-10-13-9-12(6-7-14(13)16)15-5-3-4-8-17-15/h3-9,11,18H,10H2,1-2H3. The third-order valence-corrected chi connectivity index (χ3v) is 3.08. The van der Waals surface area contributed by atoms with Crippen LogP contribution in [0.1, 0.15) is 19.4 Å². The van der Waals surface area contributed by atoms with Crippen molar-refractivity contribution in [3.8, 4) is 11.3 Å². The largest absolute Gasteiger partial charge is 0.310 e. The second-order valence-electron chi connectivity index (χ2n) is 4.56. The number of benzene rings is 1. The van der Waals surface area contributed by atoms with Gasteiger partial charge in [0.25, 0.3) is 0 Å². The van der Waals surface area contributed by atoms with Crippen LogP contribution < -0.4 is 5.32 Å². The summed E-state index contributed by atoms with van der Waals surface area (Å²) in [5.74, 6) is 0. The Balaban J connectivity index is 2.26. The molecule has 0 bridgehead atoms. The maximum Gasteiger partial charge on any atom is 0.0702 e. The molecule has 0 saturated heterocycles. The zero-order valence-electron chi connectivity index (χ0n) is 10.7. The van der Waals surface area contributed by atoms with Gasteiger partial charge in [-0.05, 0) is 29.8 Å². The molecule has 0 amide bonds. The average molecular weight is 261 g/mol. The Morgan fingerprint density at radius 3 is 2.72 bits per heavy atom. The van der Waals surface area contributed by atoms with E-state index in [1.807, 2.05) is 30.3 Å². The van der Waals surface area contributed by atoms with Crippen LogP contribution in [0.3, 0.4) is 0 Å². The molecule has 0 aliphatic carbocycles. The average Bonchev–Trinajstić information content (AvgIpc) is 2.38. The van der Waals surface area contributed by atoms with Crippen LogP contribution >= 0.6 is 11.6 Å². The van der Waals surface area contributed by atoms with E-state index in [-0.39, 0.29) is 0 Å². The third kappa shape index (κ3) is 3.31. The van der Waals surface area contributed by atoms with Crippen molar-refractivity contribution in [2.24, 2.45) is 0 Å². The zero-order valence-corrected chi connectivity index (χ0v) is 11.4. The molecule has 0 unspecified atom stereocenters. The van der Waals surface area contributed by atoms with Crippen LogP contribution in [0, 0.1) is 0 Å². The molecule has 1 aromatic heterocycles. The van der Waals surface area contributed by atoms with E-state index in [1.165, 1.54) is 0 Å². The fourth-order valence-corrected chi connectivity index (χ4v) is 1.90. The Kier molecular flexibility index (Phi) is 4.34. The van der Waals surface area contributed by atoms with Gasteiger partial charge in [0.1, 0.15) is 0 Å². The van der Waals surface area contributed by atoms with Crippen LogP contribution in [0.2, 0.25) is 5.02 Å². The van der Waals surface area contributed by atoms with Gasteiger partial charge in [0.2, 0.25) is 0 Å². The van der Waals surface area contributed by atoms with Crippen molar-refractivity contribution >= 4 is 11.6 Å². The number of hydrogen-bond donors (Lipinski definition) is 1. The summed E-state index contributed by atoms with van der Waals surface area (Å²) >= 11 is 6.21. The minimum absolute atomic E-state index is 0.444. The summed E-state index contributed by atoms with van der Waals surface area (Å²) in [5, 5.41) is 4.17. The Bertz CT molecular complexity index is 509. The molecule has 0 atom stereocenters. The first-order valence-corrected chi connectivity index (χ1v) is 6.48. The summed E-state index contributed by atoms with van der Waals surface area (Å²) in [6, 6.07) is 12.4. The van der Waals surface area contributed by atoms with E-state index in [0.29, 0.717) is 6.04 Å². The molecule has 0 aliphatic heterocycles. The molecule has 0 spiro atoms. The summed E-state index contributed by atoms with van der Waals surface area (Å²) < 4.78 is 0. The minimum atomic E-state index is 0.444. The molecule has 1 N–H and O–H groups in total. The number of pyridine rings is 1. The second-order valence-corrected chi connectivity index (χ2v) is 4.96. The maximum absolute atomic E-state index is 6.21. The molecule has 18 heavy (non-hydrogen) atoms. The van der Waals surface area contributed by atoms with E-state index in [2.05, 4.69) is 30.2 Å². The number of rotatable bonds is 4. The summed E-state index contributed by atoms with van der Waals surface area (Å²) in [6.07, 6.45) is 1.80. The van der Waals surface area contributed by atoms with Gasteiger partial charge in [0, 0.05) is 29.4 Å². The molecule has 0 aliphatic rings. The first-order chi connectivity index (χ1) is 8.66. The predicted octanol–water partition coefficient (Wildman–Crippen LogP) is 3.90. The monoisotopic (exact) mass is 260 g/mol. The quantitative estimate of drug-likeness (QED) is 0.902. The van der Waals surface area contributed by atoms with Crippen molar-refractivity contribution in [1.29, 1.82) is 0 Å². The van der Waals surface area contributed by atoms with E-state index >= 15 is 0 Å². The lowest BCUT2D eigenvalue weighted by Gasteiger charge is -2.11. The molecule has 1 heterocycles. The van der Waals surface area contributed by atoms with Crippen LogP contribution in [0.4, 0.5) is 0 Å². The van der Waals surface area contributed by atoms with Gasteiger partial charge in [-0.15, -0.1) is 0 Å². The number of hydrogen-bond acceptors (Lipinski definition) is 2. The van der Waals surface area contributed by atoms with E-state index in [1.54, 1.807) is 6.20 Å². The molecule has 2 nitrogen and oxygen atoms in total. The highest BCUT2D eigenvalue weighted by Crippen LogP contribution is 2.23. The van der Waals surface area contributed by atoms with Crippen LogP contribution in [-0.4, -0.2) is 11.0 Å². The summed E-state index contributed by atoms with van der Waals surface area (Å²) in [6.45, 7) is 5.02. The van der Waals surface area contributed by atoms with E-state index < -0.39 is 0 Å². The van der Waals surface area contributed by atoms with Crippen molar-refractivity contribution in [3.63, 3.8) is 0 Å². The zero-order chi connectivity index (χ0) is 13.0. The van der Waals surface area contributed by atoms with Crippen LogP contribution in [-0.2, 0) is 6.54 Å². The molecule has 0 saturated carbocycles. The smallest absolute Gasteiger partial charge is 0.0702 e. The Hall–Kier alpha value is -1.38. The predicted molar refractivity (Wildman–Crippen MR) is 76.7 cm³/mol. The Labute approximate surface area is 113 Å². The molecular weight excluding hydrogens is 244 g/mol. The lowest BCUT2D eigenvalue weighted by Crippen LogP contribution is -2.21. The van der Waals surface area contributed by atoms with Gasteiger partial charge in [-0.3, -0.25) is 4.98 Å². The summed E-state index contributed by atoms with van der Waals surface area (Å²) in [5.41, 5.74) is 3.18. The lowest BCUT2D eigenvalue weighted by atomic mass is 10.1. The van der Waals surface area contributed by atoms with Gasteiger partial charge < -0.3 is 5.32 Å². The van der Waals surface area contributed by atoms with Crippen molar-refractivity contribution in [3.05, 3.63) is 53.2 Å². The first-order valence-electron chi connectivity index (χ1n) is 6.10. The number of aromatic nitrogens is 1. The van der Waals surface area contributed by atoms with Crippen molar-refractivity contribution in [2.75, 3.05) is 0 Å². The maximum atomic E-state index is 6.21. The topological polar surface area (TPSA) is 24.9 Å². The summed E-state index contributed by atoms with van der Waals surface area (Å²) in [7, 11) is 0. The molecule has 2 rings (SSSR count). The highest BCUT2D eigenvalue weighted by Gasteiger charge is 2.05. The Morgan fingerprint density at radius 1 is 1.22 bits per heavy atom. The van der Waals surface area contributed by atoms with E-state index in [9.17, 15) is 0 Å². The van der Waals surface area contributed by atoms with Crippen molar-refractivity contribution < 1.29 is 0 Å². The molecule has 0 radical (unpaired) electrons. The fourth-order valence-electron chi connectivity index (χ4n) is 1.72. The third-order valence-electron chi connectivity index (χ3n) is 2.71. The van der Waals surface area contributed by atoms with Crippen molar-refractivity contribution in [2.45, 2.75) is 26.4 Å². The second kappa shape index (κ2) is 5.98. The van der Waals surface area contributed by atoms with Gasteiger partial charge in [0.15, 0.2) is 0 Å². The normalized spacial score (nSPS) is 10.9. The van der Waals surface area contributed by atoms with Gasteiger partial charge in [0.05, 0.1) is 5.69 Å². The number of nitrogens with one attached hydrogen (secondary N) is 1. The molecule has 2 aromatic rings. The Morgan fingerprint density at radius 2 is 2.06 bits per heavy atom. The summed E-state index contributed by atoms with van der Waals surface area (Å²) in [4.78, 5) is 4.35. The molecular formula is C15H17ClN2. The van der Waals surface area contributed by atoms with Gasteiger partial charge in [-0.2, -0.15) is 0 Å². The van der Waals surface area contributed by atoms with Gasteiger partial charge in [-0.1, -0.05) is 37.6 Å². The molecule has 1 aromatic carbocycles. The number of halogens is 1. The SMILES string of the molecule is CC(C)NCc1cc(-c2ccccn2)ccc1Cl. The molecule has 3 heteroatoms. The van der Waals surface area contributed by atoms with Crippen LogP contribution in [0.25, 0.3) is 11.3 Å². The fraction of sp³-hybridized carbons (Fsp3) is 0.267. The highest BCUT2D eigenvalue weighted by atomic mass is 35.5. The van der Waals surface area contributed by atoms with E-state index in [0.717, 1.165) is 28.4 Å². The highest BCUT2D eigenvalue weighted by molar-refractivity contribution is 6.31. The number of nitrogens with zero attached hydrogens (tertiary/aromatic N) is 1. The molecule has 0 fully saturated rings. The van der Waals surface area contributed by atoms with Gasteiger partial charge >= 0.3 is 0 Å². The molecule has 94 valence electrons.